The third-order valence-electron chi connectivity index (χ3n) is 3.34. The number of halogens is 2. The van der Waals surface area contributed by atoms with Crippen LogP contribution in [-0.2, 0) is 6.42 Å². The first-order chi connectivity index (χ1) is 8.54. The lowest BCUT2D eigenvalue weighted by Gasteiger charge is -2.27. The highest BCUT2D eigenvalue weighted by Gasteiger charge is 2.35. The number of fused-ring (bicyclic) bond motifs is 1. The van der Waals surface area contributed by atoms with E-state index in [9.17, 15) is 5.11 Å². The van der Waals surface area contributed by atoms with Crippen LogP contribution in [-0.4, -0.2) is 29.7 Å². The van der Waals surface area contributed by atoms with Gasteiger partial charge in [0.1, 0.15) is 0 Å². The molecule has 1 N–H and O–H groups in total. The maximum absolute atomic E-state index is 10.2. The van der Waals surface area contributed by atoms with Gasteiger partial charge in [-0.25, -0.2) is 0 Å². The van der Waals surface area contributed by atoms with E-state index in [1.54, 1.807) is 6.07 Å². The van der Waals surface area contributed by atoms with E-state index in [0.717, 1.165) is 11.1 Å². The van der Waals surface area contributed by atoms with Gasteiger partial charge in [-0.1, -0.05) is 23.2 Å². The smallest absolute Gasteiger partial charge is 0.0777 e. The molecule has 5 heteroatoms. The molecule has 2 atom stereocenters. The first-order valence-corrected chi connectivity index (χ1v) is 6.53. The SMILES string of the molecule is CN(CCC#N)[C@H]1c2cc(Cl)cc(Cl)c2C[C@H]1O. The Morgan fingerprint density at radius 1 is 1.50 bits per heavy atom. The Balaban J connectivity index is 2.33. The average molecular weight is 285 g/mol. The van der Waals surface area contributed by atoms with Crippen LogP contribution in [0.1, 0.15) is 23.6 Å². The summed E-state index contributed by atoms with van der Waals surface area (Å²) in [7, 11) is 1.90. The number of likely N-dealkylation sites (N-methyl/N-ethyl adjacent to an activating group) is 1. The lowest BCUT2D eigenvalue weighted by atomic mass is 10.1. The van der Waals surface area contributed by atoms with E-state index in [-0.39, 0.29) is 6.04 Å². The highest BCUT2D eigenvalue weighted by molar-refractivity contribution is 6.35. The lowest BCUT2D eigenvalue weighted by molar-refractivity contribution is 0.0776. The maximum atomic E-state index is 10.2. The van der Waals surface area contributed by atoms with E-state index in [0.29, 0.717) is 29.4 Å². The molecule has 0 radical (unpaired) electrons. The number of aliphatic hydroxyl groups is 1. The summed E-state index contributed by atoms with van der Waals surface area (Å²) < 4.78 is 0. The standard InChI is InChI=1S/C13H14Cl2N2O/c1-17(4-2-3-16)13-10-5-8(14)6-11(15)9(10)7-12(13)18/h5-6,12-13,18H,2,4,7H2,1H3/t12-,13+/m1/s1. The third kappa shape index (κ3) is 2.48. The fraction of sp³-hybridized carbons (Fsp3) is 0.462. The molecule has 0 spiro atoms. The summed E-state index contributed by atoms with van der Waals surface area (Å²) in [5.74, 6) is 0. The van der Waals surface area contributed by atoms with Gasteiger partial charge in [-0.15, -0.1) is 0 Å². The highest BCUT2D eigenvalue weighted by Crippen LogP contribution is 2.40. The van der Waals surface area contributed by atoms with Crippen LogP contribution >= 0.6 is 23.2 Å². The molecule has 96 valence electrons. The zero-order valence-corrected chi connectivity index (χ0v) is 11.5. The van der Waals surface area contributed by atoms with Gasteiger partial charge in [-0.3, -0.25) is 4.90 Å². The molecular weight excluding hydrogens is 271 g/mol. The summed E-state index contributed by atoms with van der Waals surface area (Å²) >= 11 is 12.2. The minimum atomic E-state index is -0.500. The van der Waals surface area contributed by atoms with Crippen molar-refractivity contribution >= 4 is 23.2 Å². The van der Waals surface area contributed by atoms with Crippen molar-refractivity contribution in [3.8, 4) is 6.07 Å². The van der Waals surface area contributed by atoms with Crippen molar-refractivity contribution in [3.05, 3.63) is 33.3 Å². The van der Waals surface area contributed by atoms with Crippen LogP contribution in [0.3, 0.4) is 0 Å². The molecule has 0 aromatic heterocycles. The number of aliphatic hydroxyl groups excluding tert-OH is 1. The van der Waals surface area contributed by atoms with Crippen molar-refractivity contribution in [1.82, 2.24) is 4.90 Å². The summed E-state index contributed by atoms with van der Waals surface area (Å²) in [5, 5.41) is 20.0. The van der Waals surface area contributed by atoms with Crippen molar-refractivity contribution in [3.63, 3.8) is 0 Å². The first-order valence-electron chi connectivity index (χ1n) is 5.77. The van der Waals surface area contributed by atoms with Crippen molar-refractivity contribution in [2.24, 2.45) is 0 Å². The maximum Gasteiger partial charge on any atom is 0.0777 e. The van der Waals surface area contributed by atoms with Crippen LogP contribution in [0.25, 0.3) is 0 Å². The summed E-state index contributed by atoms with van der Waals surface area (Å²) in [6, 6.07) is 5.53. The normalized spacial score (nSPS) is 22.0. The molecule has 18 heavy (non-hydrogen) atoms. The third-order valence-corrected chi connectivity index (χ3v) is 3.90. The van der Waals surface area contributed by atoms with E-state index >= 15 is 0 Å². The molecule has 1 aromatic rings. The van der Waals surface area contributed by atoms with E-state index in [2.05, 4.69) is 6.07 Å². The van der Waals surface area contributed by atoms with Crippen molar-refractivity contribution in [2.75, 3.05) is 13.6 Å². The van der Waals surface area contributed by atoms with Gasteiger partial charge in [0.25, 0.3) is 0 Å². The molecular formula is C13H14Cl2N2O. The van der Waals surface area contributed by atoms with Gasteiger partial charge in [-0.2, -0.15) is 5.26 Å². The van der Waals surface area contributed by atoms with Crippen molar-refractivity contribution in [2.45, 2.75) is 25.0 Å². The van der Waals surface area contributed by atoms with E-state index in [1.807, 2.05) is 18.0 Å². The molecule has 3 nitrogen and oxygen atoms in total. The molecule has 0 bridgehead atoms. The summed E-state index contributed by atoms with van der Waals surface area (Å²) in [6.07, 6.45) is 0.468. The Morgan fingerprint density at radius 3 is 2.89 bits per heavy atom. The molecule has 1 aliphatic carbocycles. The Kier molecular flexibility index (Phi) is 4.14. The predicted octanol–water partition coefficient (Wildman–Crippen LogP) is 2.80. The summed E-state index contributed by atoms with van der Waals surface area (Å²) in [4.78, 5) is 1.98. The van der Waals surface area contributed by atoms with Gasteiger partial charge >= 0.3 is 0 Å². The molecule has 0 saturated heterocycles. The molecule has 1 aliphatic rings. The zero-order valence-electron chi connectivity index (χ0n) is 10.0. The van der Waals surface area contributed by atoms with Crippen LogP contribution in [0.5, 0.6) is 0 Å². The fourth-order valence-corrected chi connectivity index (χ4v) is 3.11. The van der Waals surface area contributed by atoms with Crippen LogP contribution in [0.2, 0.25) is 10.0 Å². The van der Waals surface area contributed by atoms with Gasteiger partial charge in [0, 0.05) is 29.4 Å². The van der Waals surface area contributed by atoms with Gasteiger partial charge in [0.2, 0.25) is 0 Å². The second-order valence-corrected chi connectivity index (χ2v) is 5.40. The lowest BCUT2D eigenvalue weighted by Crippen LogP contribution is -2.31. The molecule has 0 heterocycles. The number of rotatable bonds is 3. The van der Waals surface area contributed by atoms with Gasteiger partial charge in [-0.05, 0) is 30.3 Å². The van der Waals surface area contributed by atoms with Crippen LogP contribution in [0.15, 0.2) is 12.1 Å². The Labute approximate surface area is 117 Å². The van der Waals surface area contributed by atoms with Crippen molar-refractivity contribution < 1.29 is 5.11 Å². The predicted molar refractivity (Wildman–Crippen MR) is 71.8 cm³/mol. The van der Waals surface area contributed by atoms with E-state index in [4.69, 9.17) is 28.5 Å². The number of nitrogens with zero attached hydrogens (tertiary/aromatic N) is 2. The second-order valence-electron chi connectivity index (χ2n) is 4.56. The first kappa shape index (κ1) is 13.6. The van der Waals surface area contributed by atoms with Crippen LogP contribution < -0.4 is 0 Å². The molecule has 0 aliphatic heterocycles. The van der Waals surface area contributed by atoms with E-state index < -0.39 is 6.10 Å². The number of nitriles is 1. The molecule has 2 rings (SSSR count). The topological polar surface area (TPSA) is 47.3 Å². The second kappa shape index (κ2) is 5.46. The fourth-order valence-electron chi connectivity index (χ4n) is 2.53. The largest absolute Gasteiger partial charge is 0.391 e. The quantitative estimate of drug-likeness (QED) is 0.929. The van der Waals surface area contributed by atoms with Crippen LogP contribution in [0, 0.1) is 11.3 Å². The van der Waals surface area contributed by atoms with Crippen LogP contribution in [0.4, 0.5) is 0 Å². The molecule has 0 amide bonds. The van der Waals surface area contributed by atoms with Crippen molar-refractivity contribution in [1.29, 1.82) is 5.26 Å². The minimum Gasteiger partial charge on any atom is -0.391 e. The van der Waals surface area contributed by atoms with E-state index in [1.165, 1.54) is 0 Å². The summed E-state index contributed by atoms with van der Waals surface area (Å²) in [5.41, 5.74) is 1.93. The number of benzene rings is 1. The Hall–Kier alpha value is -0.790. The average Bonchev–Trinajstić information content (AvgIpc) is 2.63. The summed E-state index contributed by atoms with van der Waals surface area (Å²) in [6.45, 7) is 0.613. The van der Waals surface area contributed by atoms with Gasteiger partial charge < -0.3 is 5.11 Å². The Bertz CT molecular complexity index is 498. The molecule has 0 fully saturated rings. The zero-order chi connectivity index (χ0) is 13.3. The molecule has 1 aromatic carbocycles. The molecule has 0 saturated carbocycles. The molecule has 0 unspecified atom stereocenters. The Morgan fingerprint density at radius 2 is 2.22 bits per heavy atom. The van der Waals surface area contributed by atoms with Gasteiger partial charge in [0.05, 0.1) is 18.2 Å². The monoisotopic (exact) mass is 284 g/mol. The van der Waals surface area contributed by atoms with Gasteiger partial charge in [0.15, 0.2) is 0 Å². The minimum absolute atomic E-state index is 0.135. The number of hydrogen-bond donors (Lipinski definition) is 1. The highest BCUT2D eigenvalue weighted by atomic mass is 35.5. The number of hydrogen-bond acceptors (Lipinski definition) is 3.